The van der Waals surface area contributed by atoms with Crippen molar-refractivity contribution in [1.29, 1.82) is 0 Å². The third-order valence-electron chi connectivity index (χ3n) is 5.26. The van der Waals surface area contributed by atoms with Crippen molar-refractivity contribution in [2.24, 2.45) is 13.0 Å². The largest absolute Gasteiger partial charge is 0.387 e. The summed E-state index contributed by atoms with van der Waals surface area (Å²) in [5, 5.41) is 13.0. The zero-order valence-electron chi connectivity index (χ0n) is 16.3. The molecule has 0 saturated heterocycles. The number of amides is 1. The maximum atomic E-state index is 13.1. The monoisotopic (exact) mass is 396 g/mol. The Morgan fingerprint density at radius 2 is 2.00 bits per heavy atom. The predicted octanol–water partition coefficient (Wildman–Crippen LogP) is 2.65. The number of nitrogens with zero attached hydrogens (tertiary/aromatic N) is 3. The maximum Gasteiger partial charge on any atom is 0.258 e. The first-order chi connectivity index (χ1) is 13.8. The van der Waals surface area contributed by atoms with Crippen LogP contribution in [0.5, 0.6) is 0 Å². The molecule has 7 nitrogen and oxygen atoms in total. The Balaban J connectivity index is 1.74. The number of nitrogens with one attached hydrogen (secondary N) is 1. The number of carbonyl (C=O) groups excluding carboxylic acids is 1. The highest BCUT2D eigenvalue weighted by Crippen LogP contribution is 2.34. The van der Waals surface area contributed by atoms with Crippen molar-refractivity contribution in [2.45, 2.75) is 32.5 Å². The van der Waals surface area contributed by atoms with Gasteiger partial charge in [-0.1, -0.05) is 0 Å². The summed E-state index contributed by atoms with van der Waals surface area (Å²) in [7, 11) is 1.64. The average molecular weight is 396 g/mol. The summed E-state index contributed by atoms with van der Waals surface area (Å²) in [5.41, 5.74) is 2.90. The van der Waals surface area contributed by atoms with Gasteiger partial charge in [-0.2, -0.15) is 0 Å². The van der Waals surface area contributed by atoms with Crippen molar-refractivity contribution in [2.75, 3.05) is 5.32 Å². The lowest BCUT2D eigenvalue weighted by Gasteiger charge is -2.13. The Bertz CT molecular complexity index is 1190. The highest BCUT2D eigenvalue weighted by Gasteiger charge is 2.43. The first kappa shape index (κ1) is 19.2. The zero-order chi connectivity index (χ0) is 20.9. The molecular formula is C21H21FN4O3. The van der Waals surface area contributed by atoms with E-state index in [0.29, 0.717) is 27.7 Å². The molecule has 150 valence electrons. The van der Waals surface area contributed by atoms with Gasteiger partial charge < -0.3 is 15.0 Å². The van der Waals surface area contributed by atoms with Crippen LogP contribution in [0.2, 0.25) is 0 Å². The smallest absolute Gasteiger partial charge is 0.258 e. The molecule has 1 amide bonds. The van der Waals surface area contributed by atoms with Crippen LogP contribution in [0.3, 0.4) is 0 Å². The quantitative estimate of drug-likeness (QED) is 0.707. The molecule has 0 aliphatic heterocycles. The second kappa shape index (κ2) is 7.04. The van der Waals surface area contributed by atoms with E-state index in [9.17, 15) is 19.1 Å². The van der Waals surface area contributed by atoms with E-state index in [0.717, 1.165) is 5.56 Å². The van der Waals surface area contributed by atoms with Crippen LogP contribution in [-0.4, -0.2) is 31.7 Å². The Hall–Kier alpha value is -3.13. The first-order valence-electron chi connectivity index (χ1n) is 9.36. The normalized spacial score (nSPS) is 19.2. The van der Waals surface area contributed by atoms with Crippen molar-refractivity contribution in [3.63, 3.8) is 0 Å². The molecule has 0 unspecified atom stereocenters. The molecule has 0 aromatic carbocycles. The molecule has 4 rings (SSSR count). The summed E-state index contributed by atoms with van der Waals surface area (Å²) < 4.78 is 14.5. The minimum atomic E-state index is -1.08. The van der Waals surface area contributed by atoms with Crippen LogP contribution in [0.1, 0.15) is 30.7 Å². The lowest BCUT2D eigenvalue weighted by atomic mass is 10.0. The lowest BCUT2D eigenvalue weighted by Crippen LogP contribution is -2.20. The molecule has 3 heterocycles. The van der Waals surface area contributed by atoms with E-state index < -0.39 is 24.1 Å². The highest BCUT2D eigenvalue weighted by molar-refractivity contribution is 5.95. The lowest BCUT2D eigenvalue weighted by molar-refractivity contribution is -0.117. The van der Waals surface area contributed by atoms with Crippen LogP contribution < -0.4 is 10.9 Å². The van der Waals surface area contributed by atoms with Crippen LogP contribution in [0.25, 0.3) is 22.0 Å². The molecule has 3 aromatic heterocycles. The number of halogens is 1. The Morgan fingerprint density at radius 3 is 2.62 bits per heavy atom. The van der Waals surface area contributed by atoms with Crippen molar-refractivity contribution in [3.8, 4) is 11.1 Å². The number of hydrogen-bond acceptors (Lipinski definition) is 5. The highest BCUT2D eigenvalue weighted by atomic mass is 19.1. The number of anilines is 1. The van der Waals surface area contributed by atoms with E-state index in [2.05, 4.69) is 15.3 Å². The second-order valence-electron chi connectivity index (χ2n) is 7.50. The van der Waals surface area contributed by atoms with Crippen LogP contribution in [-0.2, 0) is 11.8 Å². The van der Waals surface area contributed by atoms with Gasteiger partial charge in [-0.05, 0) is 38.0 Å². The van der Waals surface area contributed by atoms with E-state index in [4.69, 9.17) is 0 Å². The SMILES string of the molecule is Cc1cc([C@@H](C)O)ncc1-c1cc2cnc(NC(=O)[C@@H]3C[C@H]3F)cc2n(C)c1=O. The topological polar surface area (TPSA) is 97.1 Å². The fourth-order valence-electron chi connectivity index (χ4n) is 3.37. The molecule has 2 N–H and O–H groups in total. The van der Waals surface area contributed by atoms with Gasteiger partial charge in [0.05, 0.1) is 23.2 Å². The molecule has 0 radical (unpaired) electrons. The summed E-state index contributed by atoms with van der Waals surface area (Å²) in [5.74, 6) is -0.729. The summed E-state index contributed by atoms with van der Waals surface area (Å²) in [6, 6.07) is 5.10. The van der Waals surface area contributed by atoms with Crippen LogP contribution in [0.4, 0.5) is 10.2 Å². The molecule has 3 aromatic rings. The number of aromatic nitrogens is 3. The van der Waals surface area contributed by atoms with E-state index in [1.165, 1.54) is 4.57 Å². The summed E-state index contributed by atoms with van der Waals surface area (Å²) >= 11 is 0. The van der Waals surface area contributed by atoms with Gasteiger partial charge in [0.15, 0.2) is 0 Å². The van der Waals surface area contributed by atoms with Gasteiger partial charge in [-0.25, -0.2) is 9.37 Å². The zero-order valence-corrected chi connectivity index (χ0v) is 16.3. The summed E-state index contributed by atoms with van der Waals surface area (Å²) in [6.07, 6.45) is 1.62. The third-order valence-corrected chi connectivity index (χ3v) is 5.26. The second-order valence-corrected chi connectivity index (χ2v) is 7.50. The van der Waals surface area contributed by atoms with E-state index >= 15 is 0 Å². The van der Waals surface area contributed by atoms with Crippen molar-refractivity contribution in [1.82, 2.24) is 14.5 Å². The number of pyridine rings is 3. The average Bonchev–Trinajstić information content (AvgIpc) is 3.42. The molecule has 1 aliphatic carbocycles. The summed E-state index contributed by atoms with van der Waals surface area (Å²) in [6.45, 7) is 3.49. The van der Waals surface area contributed by atoms with E-state index in [1.807, 2.05) is 6.92 Å². The van der Waals surface area contributed by atoms with E-state index in [1.54, 1.807) is 44.6 Å². The van der Waals surface area contributed by atoms with Crippen molar-refractivity contribution in [3.05, 3.63) is 52.2 Å². The molecule has 29 heavy (non-hydrogen) atoms. The molecular weight excluding hydrogens is 375 g/mol. The molecule has 0 spiro atoms. The van der Waals surface area contributed by atoms with E-state index in [-0.39, 0.29) is 17.8 Å². The minimum Gasteiger partial charge on any atom is -0.387 e. The van der Waals surface area contributed by atoms with Gasteiger partial charge in [-0.3, -0.25) is 14.6 Å². The number of rotatable bonds is 4. The van der Waals surface area contributed by atoms with Gasteiger partial charge in [0.25, 0.3) is 5.56 Å². The molecule has 1 aliphatic rings. The van der Waals surface area contributed by atoms with Crippen molar-refractivity contribution < 1.29 is 14.3 Å². The molecule has 8 heteroatoms. The Labute approximate surface area is 166 Å². The number of alkyl halides is 1. The minimum absolute atomic E-state index is 0.221. The Kier molecular flexibility index (Phi) is 4.66. The molecule has 1 saturated carbocycles. The summed E-state index contributed by atoms with van der Waals surface area (Å²) in [4.78, 5) is 33.4. The van der Waals surface area contributed by atoms with Gasteiger partial charge in [0, 0.05) is 42.0 Å². The number of carbonyl (C=O) groups is 1. The number of aryl methyl sites for hydroxylation is 2. The number of fused-ring (bicyclic) bond motifs is 1. The fraction of sp³-hybridized carbons (Fsp3) is 0.333. The number of hydrogen-bond donors (Lipinski definition) is 2. The predicted molar refractivity (Wildman–Crippen MR) is 107 cm³/mol. The first-order valence-corrected chi connectivity index (χ1v) is 9.36. The van der Waals surface area contributed by atoms with Gasteiger partial charge in [0.1, 0.15) is 12.0 Å². The van der Waals surface area contributed by atoms with Gasteiger partial charge >= 0.3 is 0 Å². The van der Waals surface area contributed by atoms with Gasteiger partial charge in [-0.15, -0.1) is 0 Å². The third kappa shape index (κ3) is 3.51. The molecule has 1 fully saturated rings. The maximum absolute atomic E-state index is 13.1. The Morgan fingerprint density at radius 1 is 1.28 bits per heavy atom. The number of aliphatic hydroxyl groups is 1. The van der Waals surface area contributed by atoms with Crippen LogP contribution in [0.15, 0.2) is 35.4 Å². The van der Waals surface area contributed by atoms with Gasteiger partial charge in [0.2, 0.25) is 5.91 Å². The number of aliphatic hydroxyl groups excluding tert-OH is 1. The van der Waals surface area contributed by atoms with Crippen LogP contribution >= 0.6 is 0 Å². The van der Waals surface area contributed by atoms with Crippen molar-refractivity contribution >= 4 is 22.6 Å². The standard InChI is InChI=1S/C21H21FN4O3/c1-10-4-17(11(2)27)23-9-15(10)13-5-12-8-24-19(7-18(12)26(3)21(13)29)25-20(28)14-6-16(14)22/h4-5,7-9,11,14,16,27H,6H2,1-3H3,(H,24,25,28)/t11-,14-,16-/m1/s1. The fourth-order valence-corrected chi connectivity index (χ4v) is 3.37. The molecule has 3 atom stereocenters. The van der Waals surface area contributed by atoms with Crippen LogP contribution in [0, 0.1) is 12.8 Å². The molecule has 0 bridgehead atoms.